The molecule has 2 aromatic heterocycles. The van der Waals surface area contributed by atoms with Gasteiger partial charge in [-0.3, -0.25) is 0 Å². The molecule has 30 heavy (non-hydrogen) atoms. The van der Waals surface area contributed by atoms with E-state index in [1.54, 1.807) is 0 Å². The highest BCUT2D eigenvalue weighted by Crippen LogP contribution is 2.23. The molecule has 3 heteroatoms. The fourth-order valence-electron chi connectivity index (χ4n) is 4.21. The van der Waals surface area contributed by atoms with E-state index in [2.05, 4.69) is 128 Å². The van der Waals surface area contributed by atoms with Gasteiger partial charge in [0.15, 0.2) is 0 Å². The number of aromatic nitrogens is 2. The molecular weight excluding hydrogens is 366 g/mol. The van der Waals surface area contributed by atoms with Gasteiger partial charge in [0.1, 0.15) is 6.54 Å². The van der Waals surface area contributed by atoms with Gasteiger partial charge in [-0.1, -0.05) is 18.2 Å². The van der Waals surface area contributed by atoms with Crippen LogP contribution in [0.5, 0.6) is 0 Å². The maximum Gasteiger partial charge on any atom is 0.213 e. The van der Waals surface area contributed by atoms with Crippen LogP contribution in [0.3, 0.4) is 0 Å². The number of nitrogens with zero attached hydrogens (tertiary/aromatic N) is 3. The number of para-hydroxylation sites is 1. The lowest BCUT2D eigenvalue weighted by molar-refractivity contribution is -0.669. The summed E-state index contributed by atoms with van der Waals surface area (Å²) in [6.07, 6.45) is 4.48. The molecule has 0 saturated heterocycles. The minimum Gasteiger partial charge on any atom is -0.378 e. The summed E-state index contributed by atoms with van der Waals surface area (Å²) >= 11 is 0. The van der Waals surface area contributed by atoms with E-state index in [0.29, 0.717) is 0 Å². The molecule has 0 unspecified atom stereocenters. The molecule has 0 saturated carbocycles. The van der Waals surface area contributed by atoms with E-state index in [0.717, 1.165) is 6.54 Å². The fraction of sp³-hybridized carbons (Fsp3) is 0.222. The van der Waals surface area contributed by atoms with Crippen LogP contribution in [0.1, 0.15) is 29.6 Å². The third-order valence-electron chi connectivity index (χ3n) is 5.80. The number of fused-ring (bicyclic) bond motifs is 1. The number of benzene rings is 2. The Balaban J connectivity index is 1.73. The van der Waals surface area contributed by atoms with Gasteiger partial charge in [-0.2, -0.15) is 4.57 Å². The van der Waals surface area contributed by atoms with Crippen LogP contribution in [-0.4, -0.2) is 18.7 Å². The number of hydrogen-bond donors (Lipinski definition) is 0. The molecule has 2 aromatic carbocycles. The minimum absolute atomic E-state index is 0.932. The van der Waals surface area contributed by atoms with Gasteiger partial charge >= 0.3 is 0 Å². The summed E-state index contributed by atoms with van der Waals surface area (Å²) in [5, 5.41) is 1.27. The van der Waals surface area contributed by atoms with Crippen LogP contribution >= 0.6 is 0 Å². The average molecular weight is 397 g/mol. The molecule has 0 aliphatic rings. The van der Waals surface area contributed by atoms with E-state index in [9.17, 15) is 0 Å². The van der Waals surface area contributed by atoms with E-state index < -0.39 is 0 Å². The molecular formula is C27H30N3+. The molecule has 4 rings (SSSR count). The smallest absolute Gasteiger partial charge is 0.213 e. The third-order valence-corrected chi connectivity index (χ3v) is 5.80. The Kier molecular flexibility index (Phi) is 5.45. The highest BCUT2D eigenvalue weighted by atomic mass is 15.1. The Hall–Kier alpha value is -3.33. The summed E-state index contributed by atoms with van der Waals surface area (Å²) < 4.78 is 4.69. The standard InChI is InChI=1S/C27H30N3/c1-6-29-24(15-13-23-19-26(28(4)5)16-17-27(23)29)14-12-22-18-20(2)30(21(22)3)25-10-8-7-9-11-25/h7-19H,6H2,1-5H3/q+1. The molecule has 0 fully saturated rings. The van der Waals surface area contributed by atoms with Gasteiger partial charge in [0.2, 0.25) is 11.2 Å². The molecule has 4 aromatic rings. The predicted molar refractivity (Wildman–Crippen MR) is 128 cm³/mol. The predicted octanol–water partition coefficient (Wildman–Crippen LogP) is 5.79. The Morgan fingerprint density at radius 2 is 1.67 bits per heavy atom. The van der Waals surface area contributed by atoms with E-state index in [-0.39, 0.29) is 0 Å². The summed E-state index contributed by atoms with van der Waals surface area (Å²) in [6, 6.07) is 23.9. The van der Waals surface area contributed by atoms with Gasteiger partial charge in [-0.25, -0.2) is 0 Å². The van der Waals surface area contributed by atoms with Crippen LogP contribution in [0.25, 0.3) is 28.7 Å². The van der Waals surface area contributed by atoms with Gasteiger partial charge in [0.05, 0.1) is 0 Å². The molecule has 0 radical (unpaired) electrons. The van der Waals surface area contributed by atoms with E-state index in [1.165, 1.54) is 44.9 Å². The highest BCUT2D eigenvalue weighted by Gasteiger charge is 2.14. The monoisotopic (exact) mass is 396 g/mol. The van der Waals surface area contributed by atoms with Crippen molar-refractivity contribution < 1.29 is 4.57 Å². The van der Waals surface area contributed by atoms with Crippen molar-refractivity contribution in [2.45, 2.75) is 27.3 Å². The molecule has 3 nitrogen and oxygen atoms in total. The number of anilines is 1. The van der Waals surface area contributed by atoms with Crippen molar-refractivity contribution in [1.29, 1.82) is 0 Å². The summed E-state index contributed by atoms with van der Waals surface area (Å²) in [6.45, 7) is 7.50. The zero-order chi connectivity index (χ0) is 21.3. The Morgan fingerprint density at radius 3 is 2.37 bits per heavy atom. The largest absolute Gasteiger partial charge is 0.378 e. The third kappa shape index (κ3) is 3.63. The zero-order valence-corrected chi connectivity index (χ0v) is 18.6. The second-order valence-corrected chi connectivity index (χ2v) is 7.97. The summed E-state index contributed by atoms with van der Waals surface area (Å²) in [5.41, 5.74) is 8.67. The summed E-state index contributed by atoms with van der Waals surface area (Å²) in [7, 11) is 4.16. The normalized spacial score (nSPS) is 11.5. The van der Waals surface area contributed by atoms with E-state index >= 15 is 0 Å². The number of hydrogen-bond acceptors (Lipinski definition) is 1. The van der Waals surface area contributed by atoms with Gasteiger partial charge in [0.25, 0.3) is 0 Å². The van der Waals surface area contributed by atoms with Crippen LogP contribution in [-0.2, 0) is 6.54 Å². The first kappa shape index (κ1) is 20.0. The SMILES string of the molecule is CC[n+]1c(/C=C/c2cc(C)n(-c3ccccc3)c2C)ccc2cc(N(C)C)ccc21. The average Bonchev–Trinajstić information content (AvgIpc) is 3.04. The van der Waals surface area contributed by atoms with Gasteiger partial charge in [0, 0.05) is 60.5 Å². The molecule has 0 amide bonds. The van der Waals surface area contributed by atoms with Crippen molar-refractivity contribution in [3.8, 4) is 5.69 Å². The highest BCUT2D eigenvalue weighted by molar-refractivity contribution is 5.81. The topological polar surface area (TPSA) is 12.0 Å². The van der Waals surface area contributed by atoms with Crippen LogP contribution in [0.2, 0.25) is 0 Å². The fourth-order valence-corrected chi connectivity index (χ4v) is 4.21. The van der Waals surface area contributed by atoms with Crippen LogP contribution in [0, 0.1) is 13.8 Å². The molecule has 0 aliphatic heterocycles. The first-order chi connectivity index (χ1) is 14.5. The Morgan fingerprint density at radius 1 is 0.900 bits per heavy atom. The molecule has 152 valence electrons. The van der Waals surface area contributed by atoms with Gasteiger partial charge in [-0.15, -0.1) is 0 Å². The second kappa shape index (κ2) is 8.19. The quantitative estimate of drug-likeness (QED) is 0.389. The van der Waals surface area contributed by atoms with Crippen molar-refractivity contribution in [2.75, 3.05) is 19.0 Å². The van der Waals surface area contributed by atoms with Gasteiger partial charge in [-0.05, 0) is 68.8 Å². The van der Waals surface area contributed by atoms with Crippen molar-refractivity contribution in [2.24, 2.45) is 0 Å². The van der Waals surface area contributed by atoms with E-state index in [1.807, 2.05) is 0 Å². The van der Waals surface area contributed by atoms with Gasteiger partial charge < -0.3 is 9.47 Å². The maximum absolute atomic E-state index is 2.38. The number of pyridine rings is 1. The maximum atomic E-state index is 2.38. The Bertz CT molecular complexity index is 1210. The first-order valence-corrected chi connectivity index (χ1v) is 10.6. The van der Waals surface area contributed by atoms with Crippen LogP contribution < -0.4 is 9.47 Å². The lowest BCUT2D eigenvalue weighted by atomic mass is 10.1. The molecule has 0 atom stereocenters. The van der Waals surface area contributed by atoms with Crippen LogP contribution in [0.4, 0.5) is 5.69 Å². The van der Waals surface area contributed by atoms with Crippen molar-refractivity contribution >= 4 is 28.7 Å². The lowest BCUT2D eigenvalue weighted by Gasteiger charge is -2.12. The number of aryl methyl sites for hydroxylation is 2. The second-order valence-electron chi connectivity index (χ2n) is 7.97. The lowest BCUT2D eigenvalue weighted by Crippen LogP contribution is -2.36. The molecule has 0 aliphatic carbocycles. The van der Waals surface area contributed by atoms with E-state index in [4.69, 9.17) is 0 Å². The minimum atomic E-state index is 0.932. The van der Waals surface area contributed by atoms with Crippen molar-refractivity contribution in [1.82, 2.24) is 4.57 Å². The zero-order valence-electron chi connectivity index (χ0n) is 18.6. The van der Waals surface area contributed by atoms with Crippen LogP contribution in [0.15, 0.2) is 66.7 Å². The molecule has 0 spiro atoms. The summed E-state index contributed by atoms with van der Waals surface area (Å²) in [5.74, 6) is 0. The first-order valence-electron chi connectivity index (χ1n) is 10.6. The van der Waals surface area contributed by atoms with Crippen molar-refractivity contribution in [3.63, 3.8) is 0 Å². The molecule has 0 N–H and O–H groups in total. The Labute approximate surface area is 179 Å². The summed E-state index contributed by atoms with van der Waals surface area (Å²) in [4.78, 5) is 2.14. The molecule has 2 heterocycles. The van der Waals surface area contributed by atoms with Crippen molar-refractivity contribution in [3.05, 3.63) is 89.4 Å². The molecule has 0 bridgehead atoms. The number of rotatable bonds is 5.